The van der Waals surface area contributed by atoms with Gasteiger partial charge in [0.2, 0.25) is 11.8 Å². The Kier molecular flexibility index (Phi) is 5.17. The maximum Gasteiger partial charge on any atom is 0.228 e. The topological polar surface area (TPSA) is 80.5 Å². The quantitative estimate of drug-likeness (QED) is 0.815. The van der Waals surface area contributed by atoms with Crippen LogP contribution in [0.3, 0.4) is 0 Å². The highest BCUT2D eigenvalue weighted by atomic mass is 16.2. The van der Waals surface area contributed by atoms with Crippen LogP contribution in [0.25, 0.3) is 0 Å². The molecule has 0 bridgehead atoms. The molecule has 1 aromatic rings. The van der Waals surface area contributed by atoms with Gasteiger partial charge in [-0.15, -0.1) is 0 Å². The number of amides is 2. The number of carbonyl (C=O) groups is 2. The Morgan fingerprint density at radius 1 is 1.36 bits per heavy atom. The Hall–Kier alpha value is -2.62. The van der Waals surface area contributed by atoms with Gasteiger partial charge in [-0.2, -0.15) is 5.26 Å². The lowest BCUT2D eigenvalue weighted by Gasteiger charge is -2.25. The molecule has 2 aliphatic rings. The lowest BCUT2D eigenvalue weighted by molar-refractivity contribution is -0.135. The largest absolute Gasteiger partial charge is 0.354 e. The fourth-order valence-electron chi connectivity index (χ4n) is 3.59. The van der Waals surface area contributed by atoms with Crippen molar-refractivity contribution in [3.05, 3.63) is 23.9 Å². The van der Waals surface area contributed by atoms with Crippen LogP contribution in [-0.4, -0.2) is 65.9 Å². The third-order valence-corrected chi connectivity index (χ3v) is 4.96. The fraction of sp³-hybridized carbons (Fsp3) is 0.556. The summed E-state index contributed by atoms with van der Waals surface area (Å²) in [5.74, 6) is 0.619. The van der Waals surface area contributed by atoms with Crippen molar-refractivity contribution in [2.75, 3.05) is 44.2 Å². The Balaban J connectivity index is 1.65. The summed E-state index contributed by atoms with van der Waals surface area (Å²) >= 11 is 0. The summed E-state index contributed by atoms with van der Waals surface area (Å²) < 4.78 is 0. The minimum Gasteiger partial charge on any atom is -0.354 e. The van der Waals surface area contributed by atoms with Crippen molar-refractivity contribution >= 4 is 17.6 Å². The maximum absolute atomic E-state index is 12.8. The van der Waals surface area contributed by atoms with E-state index in [0.29, 0.717) is 50.5 Å². The van der Waals surface area contributed by atoms with E-state index in [-0.39, 0.29) is 17.7 Å². The molecule has 0 N–H and O–H groups in total. The molecule has 2 saturated heterocycles. The van der Waals surface area contributed by atoms with Crippen LogP contribution in [0.2, 0.25) is 0 Å². The molecule has 0 aliphatic carbocycles. The Morgan fingerprint density at radius 2 is 2.20 bits per heavy atom. The van der Waals surface area contributed by atoms with Gasteiger partial charge < -0.3 is 14.7 Å². The third kappa shape index (κ3) is 3.58. The van der Waals surface area contributed by atoms with E-state index in [4.69, 9.17) is 0 Å². The van der Waals surface area contributed by atoms with Crippen molar-refractivity contribution in [3.8, 4) is 6.07 Å². The molecule has 1 atom stereocenters. The number of carbonyl (C=O) groups excluding carboxylic acids is 2. The van der Waals surface area contributed by atoms with Gasteiger partial charge in [-0.05, 0) is 25.5 Å². The predicted molar refractivity (Wildman–Crippen MR) is 92.7 cm³/mol. The van der Waals surface area contributed by atoms with E-state index in [0.717, 1.165) is 13.0 Å². The van der Waals surface area contributed by atoms with Crippen LogP contribution in [0.1, 0.15) is 25.3 Å². The summed E-state index contributed by atoms with van der Waals surface area (Å²) in [6.45, 7) is 5.82. The number of aromatic nitrogens is 1. The van der Waals surface area contributed by atoms with Crippen LogP contribution >= 0.6 is 0 Å². The minimum atomic E-state index is -0.219. The smallest absolute Gasteiger partial charge is 0.228 e. The Labute approximate surface area is 147 Å². The number of likely N-dealkylation sites (tertiary alicyclic amines) is 1. The predicted octanol–water partition coefficient (Wildman–Crippen LogP) is 0.860. The molecule has 1 unspecified atom stereocenters. The van der Waals surface area contributed by atoms with E-state index >= 15 is 0 Å². The number of nitrogens with zero attached hydrogens (tertiary/aromatic N) is 5. The third-order valence-electron chi connectivity index (χ3n) is 4.96. The molecule has 3 rings (SSSR count). The van der Waals surface area contributed by atoms with Gasteiger partial charge in [0.15, 0.2) is 0 Å². The molecular weight excluding hydrogens is 318 g/mol. The zero-order valence-corrected chi connectivity index (χ0v) is 14.5. The van der Waals surface area contributed by atoms with Gasteiger partial charge in [-0.25, -0.2) is 4.98 Å². The van der Waals surface area contributed by atoms with Crippen molar-refractivity contribution in [3.63, 3.8) is 0 Å². The molecular formula is C18H23N5O2. The average Bonchev–Trinajstić information content (AvgIpc) is 2.86. The highest BCUT2D eigenvalue weighted by molar-refractivity contribution is 5.89. The van der Waals surface area contributed by atoms with Crippen molar-refractivity contribution in [2.45, 2.75) is 19.8 Å². The van der Waals surface area contributed by atoms with Crippen molar-refractivity contribution in [1.29, 1.82) is 5.26 Å². The molecule has 0 spiro atoms. The molecule has 0 saturated carbocycles. The highest BCUT2D eigenvalue weighted by Crippen LogP contribution is 2.22. The number of pyridine rings is 1. The van der Waals surface area contributed by atoms with Crippen LogP contribution in [-0.2, 0) is 9.59 Å². The van der Waals surface area contributed by atoms with Gasteiger partial charge in [0.25, 0.3) is 0 Å². The molecule has 0 radical (unpaired) electrons. The molecule has 7 heteroatoms. The Bertz CT molecular complexity index is 699. The highest BCUT2D eigenvalue weighted by Gasteiger charge is 2.36. The summed E-state index contributed by atoms with van der Waals surface area (Å²) in [6, 6.07) is 5.70. The Morgan fingerprint density at radius 3 is 2.92 bits per heavy atom. The van der Waals surface area contributed by atoms with Gasteiger partial charge in [-0.3, -0.25) is 9.59 Å². The van der Waals surface area contributed by atoms with E-state index in [9.17, 15) is 14.9 Å². The monoisotopic (exact) mass is 341 g/mol. The first kappa shape index (κ1) is 17.2. The summed E-state index contributed by atoms with van der Waals surface area (Å²) in [6.07, 6.45) is 2.84. The molecule has 1 aromatic heterocycles. The number of rotatable bonds is 3. The number of hydrogen-bond donors (Lipinski definition) is 0. The second-order valence-corrected chi connectivity index (χ2v) is 6.49. The second kappa shape index (κ2) is 7.51. The lowest BCUT2D eigenvalue weighted by atomic mass is 10.1. The van der Waals surface area contributed by atoms with Crippen molar-refractivity contribution in [1.82, 2.24) is 14.8 Å². The van der Waals surface area contributed by atoms with Gasteiger partial charge in [-0.1, -0.05) is 0 Å². The number of anilines is 1. The summed E-state index contributed by atoms with van der Waals surface area (Å²) in [4.78, 5) is 34.7. The van der Waals surface area contributed by atoms with E-state index in [1.807, 2.05) is 11.8 Å². The minimum absolute atomic E-state index is 0.0736. The lowest BCUT2D eigenvalue weighted by Crippen LogP contribution is -2.40. The first-order valence-electron chi connectivity index (χ1n) is 8.80. The molecule has 2 aliphatic heterocycles. The van der Waals surface area contributed by atoms with Gasteiger partial charge in [0.1, 0.15) is 11.9 Å². The van der Waals surface area contributed by atoms with Gasteiger partial charge in [0.05, 0.1) is 11.5 Å². The fourth-order valence-corrected chi connectivity index (χ4v) is 3.59. The molecule has 0 aromatic carbocycles. The molecule has 25 heavy (non-hydrogen) atoms. The van der Waals surface area contributed by atoms with Crippen LogP contribution in [0.5, 0.6) is 0 Å². The first-order chi connectivity index (χ1) is 12.1. The normalized spacial score (nSPS) is 21.2. The summed E-state index contributed by atoms with van der Waals surface area (Å²) in [5, 5.41) is 9.26. The van der Waals surface area contributed by atoms with Crippen LogP contribution in [0.15, 0.2) is 18.3 Å². The van der Waals surface area contributed by atoms with Crippen molar-refractivity contribution < 1.29 is 9.59 Å². The molecule has 3 heterocycles. The standard InChI is InChI=1S/C18H23N5O2/c1-2-21-13-15(11-16(21)24)18(25)23-8-4-7-22(9-10-23)17-14(12-19)5-3-6-20-17/h3,5-6,15H,2,4,7-11,13H2,1H3. The van der Waals surface area contributed by atoms with Crippen LogP contribution in [0, 0.1) is 17.2 Å². The summed E-state index contributed by atoms with van der Waals surface area (Å²) in [5.41, 5.74) is 0.558. The maximum atomic E-state index is 12.8. The molecule has 132 valence electrons. The zero-order chi connectivity index (χ0) is 17.8. The zero-order valence-electron chi connectivity index (χ0n) is 14.5. The number of hydrogen-bond acceptors (Lipinski definition) is 5. The number of nitriles is 1. The molecule has 7 nitrogen and oxygen atoms in total. The SMILES string of the molecule is CCN1CC(C(=O)N2CCCN(c3ncccc3C#N)CC2)CC1=O. The van der Waals surface area contributed by atoms with Gasteiger partial charge >= 0.3 is 0 Å². The molecule has 2 fully saturated rings. The van der Waals surface area contributed by atoms with Crippen molar-refractivity contribution in [2.24, 2.45) is 5.92 Å². The van der Waals surface area contributed by atoms with E-state index in [2.05, 4.69) is 16.0 Å². The van der Waals surface area contributed by atoms with Crippen LogP contribution in [0.4, 0.5) is 5.82 Å². The van der Waals surface area contributed by atoms with E-state index in [1.54, 1.807) is 23.2 Å². The molecule has 2 amide bonds. The average molecular weight is 341 g/mol. The summed E-state index contributed by atoms with van der Waals surface area (Å²) in [7, 11) is 0. The van der Waals surface area contributed by atoms with Crippen LogP contribution < -0.4 is 4.90 Å². The van der Waals surface area contributed by atoms with E-state index < -0.39 is 0 Å². The second-order valence-electron chi connectivity index (χ2n) is 6.49. The first-order valence-corrected chi connectivity index (χ1v) is 8.80. The van der Waals surface area contributed by atoms with E-state index in [1.165, 1.54) is 0 Å². The van der Waals surface area contributed by atoms with Gasteiger partial charge in [0, 0.05) is 51.9 Å².